The largest absolute Gasteiger partial charge is 0.451 e. The van der Waals surface area contributed by atoms with Crippen molar-refractivity contribution in [3.05, 3.63) is 159 Å². The number of nitrogens with zero attached hydrogens (tertiary/aromatic N) is 2. The molecule has 216 valence electrons. The minimum Gasteiger partial charge on any atom is -0.451 e. The minimum absolute atomic E-state index is 0.816. The van der Waals surface area contributed by atoms with Crippen LogP contribution in [0.15, 0.2) is 168 Å². The van der Waals surface area contributed by atoms with Crippen LogP contribution in [0, 0.1) is 0 Å². The van der Waals surface area contributed by atoms with Gasteiger partial charge >= 0.3 is 0 Å². The van der Waals surface area contributed by atoms with Gasteiger partial charge < -0.3 is 8.94 Å². The molecule has 0 amide bonds. The van der Waals surface area contributed by atoms with E-state index >= 15 is 0 Å². The Labute approximate surface area is 265 Å². The van der Waals surface area contributed by atoms with Crippen molar-refractivity contribution in [2.75, 3.05) is 0 Å². The summed E-state index contributed by atoms with van der Waals surface area (Å²) in [6.07, 6.45) is 6.62. The quantitative estimate of drug-likeness (QED) is 0.187. The Bertz CT molecular complexity index is 2520. The van der Waals surface area contributed by atoms with Crippen molar-refractivity contribution in [3.8, 4) is 55.8 Å². The first kappa shape index (κ1) is 26.2. The summed E-state index contributed by atoms with van der Waals surface area (Å²) in [6.45, 7) is 0. The first-order chi connectivity index (χ1) is 22.8. The molecule has 0 bridgehead atoms. The Morgan fingerprint density at radius 3 is 1.85 bits per heavy atom. The lowest BCUT2D eigenvalue weighted by Gasteiger charge is -2.19. The fraction of sp³-hybridized carbons (Fsp3) is 0. The van der Waals surface area contributed by atoms with Crippen LogP contribution in [0.25, 0.3) is 88.1 Å². The molecule has 0 aliphatic rings. The van der Waals surface area contributed by atoms with Crippen LogP contribution >= 0.6 is 0 Å². The summed E-state index contributed by atoms with van der Waals surface area (Å²) in [5.74, 6) is 0. The average Bonchev–Trinajstić information content (AvgIpc) is 3.86. The molecular weight excluding hydrogens is 564 g/mol. The second-order valence-electron chi connectivity index (χ2n) is 11.5. The van der Waals surface area contributed by atoms with Gasteiger partial charge in [-0.1, -0.05) is 120 Å². The predicted octanol–water partition coefficient (Wildman–Crippen LogP) is 11.5. The smallest absolute Gasteiger partial charge is 0.181 e. The van der Waals surface area contributed by atoms with Crippen molar-refractivity contribution < 1.29 is 8.94 Å². The fourth-order valence-electron chi connectivity index (χ4n) is 6.84. The zero-order chi connectivity index (χ0) is 30.5. The van der Waals surface area contributed by atoms with E-state index in [9.17, 15) is 0 Å². The molecular formula is C42H26N2O2. The zero-order valence-corrected chi connectivity index (χ0v) is 24.7. The SMILES string of the molecule is c1cc(-c2cnoc2)cc(-c2c3ccccc3c(-c3cccc(-c4cocn4)c3)c3ccc(-c4cccc5ccccc45)cc23)c1. The maximum absolute atomic E-state index is 5.32. The number of hydrogen-bond donors (Lipinski definition) is 0. The minimum atomic E-state index is 0.816. The van der Waals surface area contributed by atoms with Gasteiger partial charge in [0.15, 0.2) is 6.39 Å². The highest BCUT2D eigenvalue weighted by molar-refractivity contribution is 6.22. The number of fused-ring (bicyclic) bond motifs is 3. The van der Waals surface area contributed by atoms with Crippen molar-refractivity contribution in [2.24, 2.45) is 0 Å². The summed E-state index contributed by atoms with van der Waals surface area (Å²) in [5, 5.41) is 11.2. The molecule has 0 atom stereocenters. The van der Waals surface area contributed by atoms with Gasteiger partial charge in [-0.15, -0.1) is 0 Å². The number of rotatable bonds is 5. The molecule has 0 radical (unpaired) electrons. The summed E-state index contributed by atoms with van der Waals surface area (Å²) in [4.78, 5) is 4.42. The van der Waals surface area contributed by atoms with Crippen LogP contribution in [0.3, 0.4) is 0 Å². The Hall–Kier alpha value is -6.26. The molecule has 7 aromatic carbocycles. The third-order valence-corrected chi connectivity index (χ3v) is 8.92. The zero-order valence-electron chi connectivity index (χ0n) is 24.7. The summed E-state index contributed by atoms with van der Waals surface area (Å²) < 4.78 is 10.5. The molecule has 46 heavy (non-hydrogen) atoms. The predicted molar refractivity (Wildman–Crippen MR) is 186 cm³/mol. The molecule has 0 aliphatic heterocycles. The second kappa shape index (κ2) is 10.7. The molecule has 0 aliphatic carbocycles. The van der Waals surface area contributed by atoms with Crippen LogP contribution in [-0.2, 0) is 0 Å². The van der Waals surface area contributed by atoms with E-state index in [0.29, 0.717) is 0 Å². The summed E-state index contributed by atoms with van der Waals surface area (Å²) in [5.41, 5.74) is 10.9. The molecule has 0 fully saturated rings. The number of benzene rings is 7. The lowest BCUT2D eigenvalue weighted by Crippen LogP contribution is -1.92. The molecule has 0 spiro atoms. The molecule has 4 nitrogen and oxygen atoms in total. The number of aromatic nitrogens is 2. The molecule has 0 unspecified atom stereocenters. The van der Waals surface area contributed by atoms with Gasteiger partial charge in [0.1, 0.15) is 18.2 Å². The monoisotopic (exact) mass is 590 g/mol. The number of oxazole rings is 1. The topological polar surface area (TPSA) is 52.1 Å². The summed E-state index contributed by atoms with van der Waals surface area (Å²) in [7, 11) is 0. The van der Waals surface area contributed by atoms with Crippen molar-refractivity contribution in [3.63, 3.8) is 0 Å². The van der Waals surface area contributed by atoms with Gasteiger partial charge in [0.2, 0.25) is 0 Å². The molecule has 2 aromatic heterocycles. The molecule has 0 N–H and O–H groups in total. The highest BCUT2D eigenvalue weighted by Crippen LogP contribution is 2.46. The highest BCUT2D eigenvalue weighted by atomic mass is 16.5. The first-order valence-corrected chi connectivity index (χ1v) is 15.3. The molecule has 4 heteroatoms. The molecule has 9 rings (SSSR count). The van der Waals surface area contributed by atoms with Crippen LogP contribution in [0.4, 0.5) is 0 Å². The van der Waals surface area contributed by atoms with Gasteiger partial charge in [-0.3, -0.25) is 0 Å². The lowest BCUT2D eigenvalue weighted by atomic mass is 9.84. The Morgan fingerprint density at radius 2 is 1.09 bits per heavy atom. The van der Waals surface area contributed by atoms with Crippen molar-refractivity contribution in [1.82, 2.24) is 10.1 Å². The van der Waals surface area contributed by atoms with Crippen molar-refractivity contribution in [1.29, 1.82) is 0 Å². The van der Waals surface area contributed by atoms with E-state index in [0.717, 1.165) is 33.5 Å². The molecule has 9 aromatic rings. The van der Waals surface area contributed by atoms with E-state index in [1.165, 1.54) is 61.0 Å². The Kier molecular flexibility index (Phi) is 6.10. The first-order valence-electron chi connectivity index (χ1n) is 15.3. The van der Waals surface area contributed by atoms with E-state index in [4.69, 9.17) is 8.94 Å². The van der Waals surface area contributed by atoms with Gasteiger partial charge in [-0.05, 0) is 89.5 Å². The normalized spacial score (nSPS) is 11.5. The summed E-state index contributed by atoms with van der Waals surface area (Å²) >= 11 is 0. The molecule has 0 saturated heterocycles. The van der Waals surface area contributed by atoms with Gasteiger partial charge in [0.25, 0.3) is 0 Å². The molecule has 2 heterocycles. The fourth-order valence-corrected chi connectivity index (χ4v) is 6.84. The van der Waals surface area contributed by atoms with Gasteiger partial charge in [-0.2, -0.15) is 0 Å². The van der Waals surface area contributed by atoms with Crippen LogP contribution in [0.2, 0.25) is 0 Å². The number of hydrogen-bond acceptors (Lipinski definition) is 4. The average molecular weight is 591 g/mol. The van der Waals surface area contributed by atoms with Crippen LogP contribution in [0.5, 0.6) is 0 Å². The third-order valence-electron chi connectivity index (χ3n) is 8.92. The van der Waals surface area contributed by atoms with Gasteiger partial charge in [0.05, 0.1) is 6.20 Å². The van der Waals surface area contributed by atoms with E-state index < -0.39 is 0 Å². The van der Waals surface area contributed by atoms with E-state index in [2.05, 4.69) is 144 Å². The van der Waals surface area contributed by atoms with Crippen LogP contribution in [-0.4, -0.2) is 10.1 Å². The summed E-state index contributed by atoms with van der Waals surface area (Å²) in [6, 6.07) is 48.0. The molecule has 0 saturated carbocycles. The maximum atomic E-state index is 5.32. The maximum Gasteiger partial charge on any atom is 0.181 e. The van der Waals surface area contributed by atoms with Crippen molar-refractivity contribution in [2.45, 2.75) is 0 Å². The highest BCUT2D eigenvalue weighted by Gasteiger charge is 2.19. The Balaban J connectivity index is 1.38. The standard InChI is InChI=1S/C42H26N2O2/c1-2-14-34-27(8-1)9-7-17-35(34)29-18-19-38-39(22-29)42(31-12-5-10-28(20-31)33-23-44-46-24-33)37-16-4-3-15-36(37)41(38)32-13-6-11-30(21-32)40-25-45-26-43-40/h1-26H. The van der Waals surface area contributed by atoms with Crippen LogP contribution < -0.4 is 0 Å². The Morgan fingerprint density at radius 1 is 0.435 bits per heavy atom. The van der Waals surface area contributed by atoms with Gasteiger partial charge in [0, 0.05) is 11.1 Å². The van der Waals surface area contributed by atoms with E-state index in [1.807, 2.05) is 0 Å². The van der Waals surface area contributed by atoms with Crippen LogP contribution in [0.1, 0.15) is 0 Å². The van der Waals surface area contributed by atoms with E-state index in [-0.39, 0.29) is 0 Å². The van der Waals surface area contributed by atoms with E-state index in [1.54, 1.807) is 18.7 Å². The lowest BCUT2D eigenvalue weighted by molar-refractivity contribution is 0.420. The second-order valence-corrected chi connectivity index (χ2v) is 11.5. The van der Waals surface area contributed by atoms with Gasteiger partial charge in [-0.25, -0.2) is 4.98 Å². The third kappa shape index (κ3) is 4.31. The van der Waals surface area contributed by atoms with Crippen molar-refractivity contribution >= 4 is 32.3 Å².